The third kappa shape index (κ3) is 1.50. The van der Waals surface area contributed by atoms with E-state index >= 15 is 0 Å². The molecule has 2 aliphatic carbocycles. The number of hydrogen-bond donors (Lipinski definition) is 1. The highest BCUT2D eigenvalue weighted by atomic mass is 16.1. The molecule has 19 heavy (non-hydrogen) atoms. The van der Waals surface area contributed by atoms with Gasteiger partial charge in [-0.05, 0) is 42.9 Å². The second-order valence-electron chi connectivity index (χ2n) is 6.71. The first-order chi connectivity index (χ1) is 9.21. The molecule has 0 spiro atoms. The summed E-state index contributed by atoms with van der Waals surface area (Å²) in [5.41, 5.74) is 3.10. The van der Waals surface area contributed by atoms with Crippen molar-refractivity contribution in [1.29, 1.82) is 0 Å². The molecule has 2 bridgehead atoms. The Labute approximate surface area is 114 Å². The Balaban J connectivity index is 1.89. The van der Waals surface area contributed by atoms with Crippen LogP contribution in [0, 0.1) is 11.8 Å². The predicted molar refractivity (Wildman–Crippen MR) is 75.1 cm³/mol. The van der Waals surface area contributed by atoms with Gasteiger partial charge in [-0.3, -0.25) is 4.79 Å². The fraction of sp³-hybridized carbons (Fsp3) is 0.588. The van der Waals surface area contributed by atoms with Crippen LogP contribution in [0.25, 0.3) is 0 Å². The Morgan fingerprint density at radius 2 is 2.16 bits per heavy atom. The molecule has 0 radical (unpaired) electrons. The number of nitrogens with one attached hydrogen (secondary N) is 1. The largest absolute Gasteiger partial charge is 0.313 e. The third-order valence-electron chi connectivity index (χ3n) is 5.81. The van der Waals surface area contributed by atoms with Crippen LogP contribution in [0.3, 0.4) is 0 Å². The van der Waals surface area contributed by atoms with Gasteiger partial charge in [0, 0.05) is 23.8 Å². The Bertz CT molecular complexity index is 538. The molecule has 1 aromatic carbocycles. The van der Waals surface area contributed by atoms with E-state index in [0.29, 0.717) is 17.7 Å². The molecule has 1 saturated heterocycles. The maximum absolute atomic E-state index is 12.3. The number of rotatable bonds is 0. The Morgan fingerprint density at radius 3 is 3.05 bits per heavy atom. The number of benzene rings is 1. The molecule has 4 rings (SSSR count). The number of Topliss-reactive ketones (excluding diaryl/α,β-unsaturated/α-hetero) is 1. The highest BCUT2D eigenvalue weighted by Crippen LogP contribution is 2.53. The first kappa shape index (κ1) is 11.7. The lowest BCUT2D eigenvalue weighted by Gasteiger charge is -2.56. The van der Waals surface area contributed by atoms with Crippen LogP contribution < -0.4 is 5.32 Å². The first-order valence-corrected chi connectivity index (χ1v) is 7.55. The van der Waals surface area contributed by atoms with Gasteiger partial charge in [0.2, 0.25) is 0 Å². The van der Waals surface area contributed by atoms with E-state index in [-0.39, 0.29) is 11.3 Å². The Kier molecular flexibility index (Phi) is 2.41. The van der Waals surface area contributed by atoms with Gasteiger partial charge in [-0.25, -0.2) is 0 Å². The average Bonchev–Trinajstić information content (AvgIpc) is 2.40. The minimum Gasteiger partial charge on any atom is -0.313 e. The van der Waals surface area contributed by atoms with Crippen LogP contribution in [-0.2, 0) is 16.6 Å². The van der Waals surface area contributed by atoms with E-state index in [0.717, 1.165) is 32.2 Å². The molecule has 1 heterocycles. The molecule has 2 fully saturated rings. The molecule has 0 aromatic heterocycles. The number of carbonyl (C=O) groups is 1. The van der Waals surface area contributed by atoms with Crippen LogP contribution in [0.5, 0.6) is 0 Å². The SMILES string of the molecule is CC1C[C@H]2[C@H]3Cc4ccccc4[C@@]2(CCN3)CC1=O. The molecule has 2 nitrogen and oxygen atoms in total. The van der Waals surface area contributed by atoms with Crippen molar-refractivity contribution in [3.63, 3.8) is 0 Å². The molecular formula is C17H21NO. The van der Waals surface area contributed by atoms with Gasteiger partial charge in [0.05, 0.1) is 0 Å². The highest BCUT2D eigenvalue weighted by Gasteiger charge is 2.54. The Hall–Kier alpha value is -1.15. The second-order valence-corrected chi connectivity index (χ2v) is 6.71. The van der Waals surface area contributed by atoms with Crippen LogP contribution >= 0.6 is 0 Å². The number of piperidine rings is 1. The minimum atomic E-state index is 0.147. The van der Waals surface area contributed by atoms with Crippen molar-refractivity contribution in [2.24, 2.45) is 11.8 Å². The van der Waals surface area contributed by atoms with Crippen LogP contribution in [0.4, 0.5) is 0 Å². The summed E-state index contributed by atoms with van der Waals surface area (Å²) >= 11 is 0. The highest BCUT2D eigenvalue weighted by molar-refractivity contribution is 5.83. The first-order valence-electron chi connectivity index (χ1n) is 7.55. The number of ketones is 1. The van der Waals surface area contributed by atoms with Gasteiger partial charge in [0.1, 0.15) is 5.78 Å². The van der Waals surface area contributed by atoms with Crippen molar-refractivity contribution in [3.05, 3.63) is 35.4 Å². The van der Waals surface area contributed by atoms with Crippen molar-refractivity contribution in [2.45, 2.75) is 44.1 Å². The van der Waals surface area contributed by atoms with E-state index in [1.165, 1.54) is 11.1 Å². The van der Waals surface area contributed by atoms with Crippen molar-refractivity contribution >= 4 is 5.78 Å². The van der Waals surface area contributed by atoms with Crippen LogP contribution in [0.15, 0.2) is 24.3 Å². The molecular weight excluding hydrogens is 234 g/mol. The molecule has 1 saturated carbocycles. The van der Waals surface area contributed by atoms with Gasteiger partial charge < -0.3 is 5.32 Å². The number of hydrogen-bond acceptors (Lipinski definition) is 2. The molecule has 3 aliphatic rings. The van der Waals surface area contributed by atoms with Crippen molar-refractivity contribution in [1.82, 2.24) is 5.32 Å². The molecule has 1 aromatic rings. The number of fused-ring (bicyclic) bond motifs is 1. The smallest absolute Gasteiger partial charge is 0.136 e. The average molecular weight is 255 g/mol. The minimum absolute atomic E-state index is 0.147. The topological polar surface area (TPSA) is 29.1 Å². The van der Waals surface area contributed by atoms with Gasteiger partial charge in [0.25, 0.3) is 0 Å². The summed E-state index contributed by atoms with van der Waals surface area (Å²) in [6.07, 6.45) is 4.12. The molecule has 1 N–H and O–H groups in total. The summed E-state index contributed by atoms with van der Waals surface area (Å²) in [7, 11) is 0. The summed E-state index contributed by atoms with van der Waals surface area (Å²) in [5, 5.41) is 3.71. The van der Waals surface area contributed by atoms with Gasteiger partial charge >= 0.3 is 0 Å². The van der Waals surface area contributed by atoms with Crippen molar-refractivity contribution < 1.29 is 4.79 Å². The maximum Gasteiger partial charge on any atom is 0.136 e. The van der Waals surface area contributed by atoms with Crippen LogP contribution in [-0.4, -0.2) is 18.4 Å². The third-order valence-corrected chi connectivity index (χ3v) is 5.81. The quantitative estimate of drug-likeness (QED) is 0.771. The van der Waals surface area contributed by atoms with Crippen molar-refractivity contribution in [2.75, 3.05) is 6.54 Å². The monoisotopic (exact) mass is 255 g/mol. The molecule has 0 amide bonds. The van der Waals surface area contributed by atoms with E-state index in [4.69, 9.17) is 0 Å². The standard InChI is InChI=1S/C17H21NO/c1-11-8-14-15-9-12-4-2-3-5-13(12)17(14,6-7-18-15)10-16(11)19/h2-5,11,14-15,18H,6-10H2,1H3/t11?,14-,15+,17+/m0/s1. The predicted octanol–water partition coefficient (Wildman–Crippen LogP) is 2.46. The normalized spacial score (nSPS) is 40.5. The molecule has 100 valence electrons. The van der Waals surface area contributed by atoms with E-state index in [1.54, 1.807) is 0 Å². The lowest BCUT2D eigenvalue weighted by molar-refractivity contribution is -0.129. The summed E-state index contributed by atoms with van der Waals surface area (Å²) < 4.78 is 0. The second kappa shape index (κ2) is 3.92. The summed E-state index contributed by atoms with van der Waals surface area (Å²) in [4.78, 5) is 12.3. The zero-order valence-electron chi connectivity index (χ0n) is 11.5. The molecule has 2 heteroatoms. The van der Waals surface area contributed by atoms with E-state index in [2.05, 4.69) is 36.5 Å². The van der Waals surface area contributed by atoms with Crippen molar-refractivity contribution in [3.8, 4) is 0 Å². The summed E-state index contributed by atoms with van der Waals surface area (Å²) in [6.45, 7) is 3.18. The van der Waals surface area contributed by atoms with E-state index < -0.39 is 0 Å². The molecule has 1 aliphatic heterocycles. The number of carbonyl (C=O) groups excluding carboxylic acids is 1. The van der Waals surface area contributed by atoms with Crippen LogP contribution in [0.2, 0.25) is 0 Å². The maximum atomic E-state index is 12.3. The lowest BCUT2D eigenvalue weighted by atomic mass is 9.51. The fourth-order valence-electron chi connectivity index (χ4n) is 4.87. The van der Waals surface area contributed by atoms with E-state index in [1.807, 2.05) is 0 Å². The van der Waals surface area contributed by atoms with Gasteiger partial charge in [0.15, 0.2) is 0 Å². The summed E-state index contributed by atoms with van der Waals surface area (Å²) in [6, 6.07) is 9.41. The lowest BCUT2D eigenvalue weighted by Crippen LogP contribution is -2.61. The van der Waals surface area contributed by atoms with Crippen LogP contribution in [0.1, 0.15) is 37.3 Å². The Morgan fingerprint density at radius 1 is 1.32 bits per heavy atom. The fourth-order valence-corrected chi connectivity index (χ4v) is 4.87. The molecule has 4 atom stereocenters. The summed E-state index contributed by atoms with van der Waals surface area (Å²) in [5.74, 6) is 1.39. The zero-order valence-corrected chi connectivity index (χ0v) is 11.5. The zero-order chi connectivity index (χ0) is 13.0. The molecule has 1 unspecified atom stereocenters. The van der Waals surface area contributed by atoms with Gasteiger partial charge in [-0.2, -0.15) is 0 Å². The van der Waals surface area contributed by atoms with Gasteiger partial charge in [-0.15, -0.1) is 0 Å². The van der Waals surface area contributed by atoms with E-state index in [9.17, 15) is 4.79 Å². The van der Waals surface area contributed by atoms with Gasteiger partial charge in [-0.1, -0.05) is 31.2 Å².